The minimum Gasteiger partial charge on any atom is -0.424 e. The molecular formula is C23H52OSi. The highest BCUT2D eigenvalue weighted by atomic mass is 28.3. The molecule has 0 atom stereocenters. The van der Waals surface area contributed by atoms with Crippen LogP contribution in [0.1, 0.15) is 129 Å². The van der Waals surface area contributed by atoms with Crippen LogP contribution in [0.15, 0.2) is 0 Å². The number of unbranched alkanes of at least 4 members (excludes halogenated alkanes) is 17. The Balaban J connectivity index is 0. The van der Waals surface area contributed by atoms with Crippen molar-refractivity contribution in [1.29, 1.82) is 0 Å². The smallest absolute Gasteiger partial charge is 0.170 e. The van der Waals surface area contributed by atoms with Crippen molar-refractivity contribution in [2.24, 2.45) is 0 Å². The molecule has 0 aliphatic heterocycles. The summed E-state index contributed by atoms with van der Waals surface area (Å²) in [5, 5.41) is 0. The first-order chi connectivity index (χ1) is 12.2. The first kappa shape index (κ1) is 27.4. The number of rotatable bonds is 18. The van der Waals surface area contributed by atoms with E-state index in [0.29, 0.717) is 0 Å². The third-order valence-corrected chi connectivity index (χ3v) is 5.87. The van der Waals surface area contributed by atoms with E-state index in [4.69, 9.17) is 4.43 Å². The van der Waals surface area contributed by atoms with Crippen LogP contribution in [-0.4, -0.2) is 16.2 Å². The van der Waals surface area contributed by atoms with Gasteiger partial charge in [-0.25, -0.2) is 0 Å². The van der Waals surface area contributed by atoms with Crippen LogP contribution < -0.4 is 0 Å². The van der Waals surface area contributed by atoms with Gasteiger partial charge in [-0.2, -0.15) is 0 Å². The summed E-state index contributed by atoms with van der Waals surface area (Å²) >= 11 is 0. The SMILES string of the molecule is CCCCCCCCCCCCCCCCCCCC.CO[SiH](C)C. The van der Waals surface area contributed by atoms with E-state index in [0.717, 1.165) is 0 Å². The maximum atomic E-state index is 4.89. The van der Waals surface area contributed by atoms with Crippen LogP contribution in [0.25, 0.3) is 0 Å². The molecule has 0 N–H and O–H groups in total. The monoisotopic (exact) mass is 372 g/mol. The van der Waals surface area contributed by atoms with Gasteiger partial charge in [0.2, 0.25) is 0 Å². The van der Waals surface area contributed by atoms with E-state index in [2.05, 4.69) is 26.9 Å². The maximum absolute atomic E-state index is 4.89. The van der Waals surface area contributed by atoms with Crippen molar-refractivity contribution >= 4 is 9.04 Å². The standard InChI is InChI=1S/C20H42.C3H10OSi/c1-3-5-7-9-11-13-15-17-19-20-18-16-14-12-10-8-6-4-2;1-4-5(2)3/h3-20H2,1-2H3;5H,1-3H3. The van der Waals surface area contributed by atoms with E-state index < -0.39 is 9.04 Å². The third-order valence-electron chi connectivity index (χ3n) is 4.93. The molecule has 0 aromatic carbocycles. The summed E-state index contributed by atoms with van der Waals surface area (Å²) < 4.78 is 4.89. The lowest BCUT2D eigenvalue weighted by Crippen LogP contribution is -2.00. The largest absolute Gasteiger partial charge is 0.424 e. The van der Waals surface area contributed by atoms with Gasteiger partial charge in [-0.05, 0) is 13.1 Å². The second-order valence-electron chi connectivity index (χ2n) is 7.94. The summed E-state index contributed by atoms with van der Waals surface area (Å²) in [6.07, 6.45) is 26.4. The summed E-state index contributed by atoms with van der Waals surface area (Å²) in [5.41, 5.74) is 0. The molecule has 0 aromatic rings. The predicted octanol–water partition coefficient (Wildman–Crippen LogP) is 8.66. The average Bonchev–Trinajstić information content (AvgIpc) is 2.62. The first-order valence-corrected chi connectivity index (χ1v) is 14.5. The van der Waals surface area contributed by atoms with Gasteiger partial charge in [-0.1, -0.05) is 129 Å². The van der Waals surface area contributed by atoms with Crippen LogP contribution in [0.4, 0.5) is 0 Å². The molecular weight excluding hydrogens is 320 g/mol. The van der Waals surface area contributed by atoms with Crippen molar-refractivity contribution in [1.82, 2.24) is 0 Å². The second kappa shape index (κ2) is 26.4. The van der Waals surface area contributed by atoms with Crippen molar-refractivity contribution in [2.45, 2.75) is 143 Å². The minimum atomic E-state index is -0.650. The highest BCUT2D eigenvalue weighted by Gasteiger charge is 1.94. The Morgan fingerprint density at radius 2 is 0.600 bits per heavy atom. The van der Waals surface area contributed by atoms with Crippen molar-refractivity contribution in [3.05, 3.63) is 0 Å². The van der Waals surface area contributed by atoms with Crippen molar-refractivity contribution in [2.75, 3.05) is 7.11 Å². The molecule has 0 saturated heterocycles. The van der Waals surface area contributed by atoms with Crippen LogP contribution >= 0.6 is 0 Å². The van der Waals surface area contributed by atoms with E-state index in [1.807, 2.05) is 0 Å². The Labute approximate surface area is 163 Å². The molecule has 0 rings (SSSR count). The number of hydrogen-bond donors (Lipinski definition) is 0. The zero-order valence-electron chi connectivity index (χ0n) is 18.7. The minimum absolute atomic E-state index is 0.650. The molecule has 0 aliphatic rings. The molecule has 25 heavy (non-hydrogen) atoms. The Hall–Kier alpha value is 0.177. The molecule has 1 nitrogen and oxygen atoms in total. The van der Waals surface area contributed by atoms with Crippen molar-refractivity contribution in [3.63, 3.8) is 0 Å². The van der Waals surface area contributed by atoms with Crippen LogP contribution in [0.2, 0.25) is 13.1 Å². The topological polar surface area (TPSA) is 9.23 Å². The van der Waals surface area contributed by atoms with Gasteiger partial charge in [0.25, 0.3) is 0 Å². The molecule has 0 bridgehead atoms. The van der Waals surface area contributed by atoms with Gasteiger partial charge < -0.3 is 4.43 Å². The second-order valence-corrected chi connectivity index (χ2v) is 10.5. The van der Waals surface area contributed by atoms with Gasteiger partial charge in [-0.15, -0.1) is 0 Å². The molecule has 154 valence electrons. The highest BCUT2D eigenvalue weighted by Crippen LogP contribution is 2.14. The fourth-order valence-electron chi connectivity index (χ4n) is 2.97. The Kier molecular flexibility index (Phi) is 28.9. The van der Waals surface area contributed by atoms with E-state index in [-0.39, 0.29) is 0 Å². The lowest BCUT2D eigenvalue weighted by molar-refractivity contribution is 0.430. The summed E-state index contributed by atoms with van der Waals surface area (Å²) in [5.74, 6) is 0. The molecule has 2 heteroatoms. The Morgan fingerprint density at radius 3 is 0.720 bits per heavy atom. The molecule has 0 amide bonds. The zero-order chi connectivity index (χ0) is 19.0. The van der Waals surface area contributed by atoms with Crippen LogP contribution in [0.5, 0.6) is 0 Å². The molecule has 0 fully saturated rings. The van der Waals surface area contributed by atoms with Crippen molar-refractivity contribution < 1.29 is 4.43 Å². The quantitative estimate of drug-likeness (QED) is 0.173. The van der Waals surface area contributed by atoms with Crippen LogP contribution in [-0.2, 0) is 4.43 Å². The Morgan fingerprint density at radius 1 is 0.440 bits per heavy atom. The van der Waals surface area contributed by atoms with E-state index in [1.165, 1.54) is 116 Å². The summed E-state index contributed by atoms with van der Waals surface area (Å²) in [6, 6.07) is 0. The molecule has 0 spiro atoms. The first-order valence-electron chi connectivity index (χ1n) is 11.7. The van der Waals surface area contributed by atoms with E-state index in [1.54, 1.807) is 7.11 Å². The third kappa shape index (κ3) is 32.3. The molecule has 0 radical (unpaired) electrons. The highest BCUT2D eigenvalue weighted by molar-refractivity contribution is 6.48. The van der Waals surface area contributed by atoms with Crippen LogP contribution in [0.3, 0.4) is 0 Å². The van der Waals surface area contributed by atoms with Gasteiger partial charge in [0, 0.05) is 7.11 Å². The molecule has 0 heterocycles. The summed E-state index contributed by atoms with van der Waals surface area (Å²) in [6.45, 7) is 8.87. The zero-order valence-corrected chi connectivity index (χ0v) is 19.9. The molecule has 0 unspecified atom stereocenters. The normalized spacial score (nSPS) is 10.8. The lowest BCUT2D eigenvalue weighted by atomic mass is 10.0. The van der Waals surface area contributed by atoms with Gasteiger partial charge >= 0.3 is 0 Å². The fourth-order valence-corrected chi connectivity index (χ4v) is 2.97. The number of hydrogen-bond acceptors (Lipinski definition) is 1. The molecule has 0 aliphatic carbocycles. The van der Waals surface area contributed by atoms with Crippen LogP contribution in [0, 0.1) is 0 Å². The predicted molar refractivity (Wildman–Crippen MR) is 120 cm³/mol. The van der Waals surface area contributed by atoms with Crippen molar-refractivity contribution in [3.8, 4) is 0 Å². The average molecular weight is 373 g/mol. The Bertz CT molecular complexity index is 188. The lowest BCUT2D eigenvalue weighted by Gasteiger charge is -2.03. The fraction of sp³-hybridized carbons (Fsp3) is 1.00. The van der Waals surface area contributed by atoms with Gasteiger partial charge in [0.1, 0.15) is 0 Å². The van der Waals surface area contributed by atoms with Gasteiger partial charge in [-0.3, -0.25) is 0 Å². The van der Waals surface area contributed by atoms with Gasteiger partial charge in [0.05, 0.1) is 0 Å². The van der Waals surface area contributed by atoms with Gasteiger partial charge in [0.15, 0.2) is 9.04 Å². The maximum Gasteiger partial charge on any atom is 0.170 e. The summed E-state index contributed by atoms with van der Waals surface area (Å²) in [4.78, 5) is 0. The van der Waals surface area contributed by atoms with E-state index >= 15 is 0 Å². The summed E-state index contributed by atoms with van der Waals surface area (Å²) in [7, 11) is 1.11. The van der Waals surface area contributed by atoms with E-state index in [9.17, 15) is 0 Å². The molecule has 0 saturated carbocycles. The molecule has 0 aromatic heterocycles.